The first-order valence-electron chi connectivity index (χ1n) is 5.64. The van der Waals surface area contributed by atoms with Crippen molar-refractivity contribution >= 4 is 23.5 Å². The van der Waals surface area contributed by atoms with Gasteiger partial charge >= 0.3 is 5.97 Å². The average molecular weight is 270 g/mol. The molecule has 0 saturated heterocycles. The van der Waals surface area contributed by atoms with E-state index in [4.69, 9.17) is 16.7 Å². The molecule has 1 unspecified atom stereocenters. The predicted molar refractivity (Wildman–Crippen MR) is 70.0 cm³/mol. The molecule has 0 aromatic heterocycles. The van der Waals surface area contributed by atoms with E-state index in [1.165, 1.54) is 11.9 Å². The van der Waals surface area contributed by atoms with Crippen molar-refractivity contribution in [3.05, 3.63) is 34.3 Å². The molecule has 0 bridgehead atoms. The fourth-order valence-electron chi connectivity index (χ4n) is 1.74. The molecular weight excluding hydrogens is 254 g/mol. The summed E-state index contributed by atoms with van der Waals surface area (Å²) in [6.45, 7) is 3.53. The minimum Gasteiger partial charge on any atom is -0.480 e. The Bertz CT molecular complexity index is 473. The number of likely N-dealkylation sites (N-methyl/N-ethyl adjacent to an activating group) is 1. The van der Waals surface area contributed by atoms with Gasteiger partial charge in [0.05, 0.1) is 0 Å². The fourth-order valence-corrected chi connectivity index (χ4v) is 1.85. The summed E-state index contributed by atoms with van der Waals surface area (Å²) in [7, 11) is 1.49. The molecule has 0 aliphatic rings. The first-order valence-corrected chi connectivity index (χ1v) is 6.02. The van der Waals surface area contributed by atoms with E-state index in [2.05, 4.69) is 0 Å². The molecule has 0 radical (unpaired) electrons. The van der Waals surface area contributed by atoms with Crippen LogP contribution < -0.4 is 0 Å². The molecule has 0 saturated carbocycles. The van der Waals surface area contributed by atoms with E-state index in [1.54, 1.807) is 32.0 Å². The van der Waals surface area contributed by atoms with Crippen LogP contribution in [0.4, 0.5) is 0 Å². The van der Waals surface area contributed by atoms with Crippen molar-refractivity contribution in [2.75, 3.05) is 7.05 Å². The van der Waals surface area contributed by atoms with Crippen LogP contribution in [0.2, 0.25) is 5.02 Å². The van der Waals surface area contributed by atoms with E-state index < -0.39 is 12.0 Å². The number of carbonyl (C=O) groups excluding carboxylic acids is 1. The summed E-state index contributed by atoms with van der Waals surface area (Å²) in [6, 6.07) is 4.09. The molecule has 0 fully saturated rings. The van der Waals surface area contributed by atoms with Crippen molar-refractivity contribution in [3.8, 4) is 0 Å². The van der Waals surface area contributed by atoms with Gasteiger partial charge in [0, 0.05) is 17.6 Å². The monoisotopic (exact) mass is 269 g/mol. The molecule has 5 heteroatoms. The quantitative estimate of drug-likeness (QED) is 0.914. The molecular formula is C13H16ClNO3. The van der Waals surface area contributed by atoms with Gasteiger partial charge in [-0.3, -0.25) is 4.79 Å². The zero-order valence-corrected chi connectivity index (χ0v) is 11.4. The van der Waals surface area contributed by atoms with Gasteiger partial charge in [-0.05, 0) is 37.1 Å². The van der Waals surface area contributed by atoms with Crippen molar-refractivity contribution < 1.29 is 14.7 Å². The summed E-state index contributed by atoms with van der Waals surface area (Å²) in [4.78, 5) is 24.4. The number of rotatable bonds is 4. The largest absolute Gasteiger partial charge is 0.480 e. The number of carbonyl (C=O) groups is 2. The molecule has 1 atom stereocenters. The Hall–Kier alpha value is -1.55. The second-order valence-corrected chi connectivity index (χ2v) is 4.55. The van der Waals surface area contributed by atoms with Crippen LogP contribution in [-0.2, 0) is 4.79 Å². The minimum atomic E-state index is -1.00. The molecule has 1 rings (SSSR count). The van der Waals surface area contributed by atoms with Crippen molar-refractivity contribution in [3.63, 3.8) is 0 Å². The van der Waals surface area contributed by atoms with Gasteiger partial charge in [0.1, 0.15) is 6.04 Å². The molecule has 0 heterocycles. The van der Waals surface area contributed by atoms with E-state index in [0.717, 1.165) is 5.56 Å². The minimum absolute atomic E-state index is 0.316. The van der Waals surface area contributed by atoms with Crippen molar-refractivity contribution in [1.29, 1.82) is 0 Å². The first-order chi connectivity index (χ1) is 8.38. The summed E-state index contributed by atoms with van der Waals surface area (Å²) in [5.41, 5.74) is 1.23. The molecule has 1 amide bonds. The highest BCUT2D eigenvalue weighted by Crippen LogP contribution is 2.18. The van der Waals surface area contributed by atoms with E-state index in [0.29, 0.717) is 17.0 Å². The molecule has 0 aliphatic carbocycles. The Morgan fingerprint density at radius 3 is 2.50 bits per heavy atom. The van der Waals surface area contributed by atoms with Crippen molar-refractivity contribution in [2.45, 2.75) is 26.3 Å². The number of hydrogen-bond acceptors (Lipinski definition) is 2. The molecule has 1 aromatic rings. The Balaban J connectivity index is 2.99. The number of amides is 1. The third-order valence-electron chi connectivity index (χ3n) is 2.86. The van der Waals surface area contributed by atoms with Crippen LogP contribution in [0.5, 0.6) is 0 Å². The molecule has 1 aromatic carbocycles. The second-order valence-electron chi connectivity index (χ2n) is 4.14. The van der Waals surface area contributed by atoms with E-state index >= 15 is 0 Å². The summed E-state index contributed by atoms with van der Waals surface area (Å²) in [5.74, 6) is -1.32. The van der Waals surface area contributed by atoms with E-state index in [1.807, 2.05) is 0 Å². The van der Waals surface area contributed by atoms with Crippen molar-refractivity contribution in [2.24, 2.45) is 0 Å². The summed E-state index contributed by atoms with van der Waals surface area (Å²) < 4.78 is 0. The van der Waals surface area contributed by atoms with Crippen LogP contribution in [0.1, 0.15) is 29.3 Å². The van der Waals surface area contributed by atoms with Crippen LogP contribution in [-0.4, -0.2) is 35.0 Å². The topological polar surface area (TPSA) is 57.6 Å². The lowest BCUT2D eigenvalue weighted by atomic mass is 10.1. The van der Waals surface area contributed by atoms with Gasteiger partial charge in [-0.15, -0.1) is 0 Å². The summed E-state index contributed by atoms with van der Waals surface area (Å²) >= 11 is 5.89. The number of aliphatic carboxylic acids is 1. The van der Waals surface area contributed by atoms with Gasteiger partial charge in [-0.1, -0.05) is 18.5 Å². The number of halogens is 1. The summed E-state index contributed by atoms with van der Waals surface area (Å²) in [6.07, 6.45) is 0.365. The Labute approximate surface area is 111 Å². The van der Waals surface area contributed by atoms with Gasteiger partial charge in [-0.2, -0.15) is 0 Å². The maximum atomic E-state index is 12.1. The molecule has 18 heavy (non-hydrogen) atoms. The zero-order valence-electron chi connectivity index (χ0n) is 10.6. The lowest BCUT2D eigenvalue weighted by molar-refractivity contribution is -0.142. The SMILES string of the molecule is CCC(C(=O)O)N(C)C(=O)c1ccc(Cl)c(C)c1. The molecule has 0 aliphatic heterocycles. The number of hydrogen-bond donors (Lipinski definition) is 1. The van der Waals surface area contributed by atoms with Crippen LogP contribution in [0.25, 0.3) is 0 Å². The van der Waals surface area contributed by atoms with Gasteiger partial charge in [-0.25, -0.2) is 4.79 Å². The van der Waals surface area contributed by atoms with Gasteiger partial charge in [0.15, 0.2) is 0 Å². The first kappa shape index (κ1) is 14.5. The van der Waals surface area contributed by atoms with Crippen LogP contribution >= 0.6 is 11.6 Å². The maximum Gasteiger partial charge on any atom is 0.326 e. The highest BCUT2D eigenvalue weighted by atomic mass is 35.5. The maximum absolute atomic E-state index is 12.1. The Morgan fingerprint density at radius 2 is 2.06 bits per heavy atom. The predicted octanol–water partition coefficient (Wildman–Crippen LogP) is 2.58. The normalized spacial score (nSPS) is 12.0. The zero-order chi connectivity index (χ0) is 13.9. The fraction of sp³-hybridized carbons (Fsp3) is 0.385. The lowest BCUT2D eigenvalue weighted by Crippen LogP contribution is -2.41. The summed E-state index contributed by atoms with van der Waals surface area (Å²) in [5, 5.41) is 9.61. The number of benzene rings is 1. The van der Waals surface area contributed by atoms with Gasteiger partial charge < -0.3 is 10.0 Å². The third-order valence-corrected chi connectivity index (χ3v) is 3.29. The number of carboxylic acid groups (broad SMARTS) is 1. The molecule has 98 valence electrons. The van der Waals surface area contributed by atoms with E-state index in [-0.39, 0.29) is 5.91 Å². The molecule has 1 N–H and O–H groups in total. The second kappa shape index (κ2) is 5.87. The third kappa shape index (κ3) is 3.01. The van der Waals surface area contributed by atoms with Crippen LogP contribution in [0.3, 0.4) is 0 Å². The van der Waals surface area contributed by atoms with Crippen molar-refractivity contribution in [1.82, 2.24) is 4.90 Å². The highest BCUT2D eigenvalue weighted by molar-refractivity contribution is 6.31. The standard InChI is InChI=1S/C13H16ClNO3/c1-4-11(13(17)18)15(3)12(16)9-5-6-10(14)8(2)7-9/h5-7,11H,4H2,1-3H3,(H,17,18). The van der Waals surface area contributed by atoms with Gasteiger partial charge in [0.25, 0.3) is 5.91 Å². The Morgan fingerprint density at radius 1 is 1.44 bits per heavy atom. The van der Waals surface area contributed by atoms with Crippen LogP contribution in [0, 0.1) is 6.92 Å². The van der Waals surface area contributed by atoms with E-state index in [9.17, 15) is 9.59 Å². The smallest absolute Gasteiger partial charge is 0.326 e. The number of aryl methyl sites for hydroxylation is 1. The number of nitrogens with zero attached hydrogens (tertiary/aromatic N) is 1. The highest BCUT2D eigenvalue weighted by Gasteiger charge is 2.25. The lowest BCUT2D eigenvalue weighted by Gasteiger charge is -2.24. The molecule has 0 spiro atoms. The van der Waals surface area contributed by atoms with Crippen LogP contribution in [0.15, 0.2) is 18.2 Å². The van der Waals surface area contributed by atoms with Gasteiger partial charge in [0.2, 0.25) is 0 Å². The molecule has 4 nitrogen and oxygen atoms in total. The number of carboxylic acids is 1. The Kier molecular flexibility index (Phi) is 4.73. The average Bonchev–Trinajstić information content (AvgIpc) is 2.32.